The summed E-state index contributed by atoms with van der Waals surface area (Å²) < 4.78 is 8.96. The van der Waals surface area contributed by atoms with Crippen molar-refractivity contribution in [3.8, 4) is 67.5 Å². The number of nitrogens with zero attached hydrogens (tertiary/aromatic N) is 3. The molecular weight excluding hydrogens is 703 g/mol. The summed E-state index contributed by atoms with van der Waals surface area (Å²) in [6, 6.07) is 65.7. The van der Waals surface area contributed by atoms with Gasteiger partial charge in [-0.1, -0.05) is 158 Å². The zero-order valence-corrected chi connectivity index (χ0v) is 30.9. The Bertz CT molecular complexity index is 3170. The fourth-order valence-corrected chi connectivity index (χ4v) is 9.02. The van der Waals surface area contributed by atoms with Crippen LogP contribution < -0.4 is 0 Å². The van der Waals surface area contributed by atoms with Gasteiger partial charge in [0.1, 0.15) is 11.2 Å². The topological polar surface area (TPSA) is 51.8 Å². The van der Waals surface area contributed by atoms with Crippen LogP contribution in [0.2, 0.25) is 0 Å². The highest BCUT2D eigenvalue weighted by molar-refractivity contribution is 7.26. The maximum Gasteiger partial charge on any atom is 0.165 e. The maximum absolute atomic E-state index is 6.63. The number of hydrogen-bond acceptors (Lipinski definition) is 5. The summed E-state index contributed by atoms with van der Waals surface area (Å²) in [5.41, 5.74) is 11.6. The van der Waals surface area contributed by atoms with Gasteiger partial charge in [0.05, 0.1) is 0 Å². The van der Waals surface area contributed by atoms with Gasteiger partial charge < -0.3 is 4.42 Å². The van der Waals surface area contributed by atoms with E-state index >= 15 is 0 Å². The van der Waals surface area contributed by atoms with Crippen molar-refractivity contribution in [2.24, 2.45) is 0 Å². The second-order valence-corrected chi connectivity index (χ2v) is 15.0. The van der Waals surface area contributed by atoms with Crippen molar-refractivity contribution in [3.63, 3.8) is 0 Å². The van der Waals surface area contributed by atoms with Crippen molar-refractivity contribution in [1.82, 2.24) is 15.0 Å². The SMILES string of the molecule is c1ccc(-c2ccc(-c3cc(-c4ccc5c(c4)sc4c(-c6nc(-c7ccccc7)nc(-c7ccccc7)n6)cccc45)c4oc5ccccc5c4c3)cc2)cc1. The molecule has 0 aliphatic carbocycles. The number of fused-ring (bicyclic) bond motifs is 6. The Labute approximate surface area is 327 Å². The first-order chi connectivity index (χ1) is 27.7. The third kappa shape index (κ3) is 5.56. The Morgan fingerprint density at radius 2 is 0.893 bits per heavy atom. The van der Waals surface area contributed by atoms with Crippen molar-refractivity contribution in [2.45, 2.75) is 0 Å². The van der Waals surface area contributed by atoms with Crippen molar-refractivity contribution in [2.75, 3.05) is 0 Å². The van der Waals surface area contributed by atoms with Gasteiger partial charge in [-0.2, -0.15) is 0 Å². The molecule has 5 heteroatoms. The molecular formula is C51H31N3OS. The monoisotopic (exact) mass is 733 g/mol. The van der Waals surface area contributed by atoms with Crippen LogP contribution >= 0.6 is 11.3 Å². The van der Waals surface area contributed by atoms with E-state index in [1.165, 1.54) is 26.6 Å². The predicted octanol–water partition coefficient (Wildman–Crippen LogP) is 14.1. The second kappa shape index (κ2) is 13.3. The Kier molecular flexibility index (Phi) is 7.64. The predicted molar refractivity (Wildman–Crippen MR) is 233 cm³/mol. The molecule has 11 rings (SSSR count). The number of hydrogen-bond donors (Lipinski definition) is 0. The van der Waals surface area contributed by atoms with E-state index in [0.717, 1.165) is 65.6 Å². The summed E-state index contributed by atoms with van der Waals surface area (Å²) in [6.07, 6.45) is 0. The molecule has 8 aromatic carbocycles. The molecule has 4 nitrogen and oxygen atoms in total. The molecule has 11 aromatic rings. The van der Waals surface area contributed by atoms with E-state index in [2.05, 4.69) is 121 Å². The largest absolute Gasteiger partial charge is 0.455 e. The van der Waals surface area contributed by atoms with Crippen LogP contribution in [-0.4, -0.2) is 15.0 Å². The number of furan rings is 1. The highest BCUT2D eigenvalue weighted by Crippen LogP contribution is 2.44. The fraction of sp³-hybridized carbons (Fsp3) is 0. The molecule has 56 heavy (non-hydrogen) atoms. The Morgan fingerprint density at radius 1 is 0.339 bits per heavy atom. The van der Waals surface area contributed by atoms with Crippen molar-refractivity contribution < 1.29 is 4.42 Å². The average Bonchev–Trinajstić information content (AvgIpc) is 3.85. The van der Waals surface area contributed by atoms with Gasteiger partial charge in [-0.15, -0.1) is 11.3 Å². The van der Waals surface area contributed by atoms with E-state index < -0.39 is 0 Å². The van der Waals surface area contributed by atoms with Crippen molar-refractivity contribution >= 4 is 53.4 Å². The second-order valence-electron chi connectivity index (χ2n) is 14.0. The van der Waals surface area contributed by atoms with Crippen LogP contribution in [0.4, 0.5) is 0 Å². The van der Waals surface area contributed by atoms with Crippen LogP contribution in [0.3, 0.4) is 0 Å². The van der Waals surface area contributed by atoms with Gasteiger partial charge in [0.2, 0.25) is 0 Å². The van der Waals surface area contributed by atoms with Crippen LogP contribution in [0, 0.1) is 0 Å². The van der Waals surface area contributed by atoms with Crippen LogP contribution in [-0.2, 0) is 0 Å². The van der Waals surface area contributed by atoms with Gasteiger partial charge >= 0.3 is 0 Å². The molecule has 0 aliphatic rings. The molecule has 3 aromatic heterocycles. The highest BCUT2D eigenvalue weighted by Gasteiger charge is 2.19. The molecule has 0 N–H and O–H groups in total. The van der Waals surface area contributed by atoms with E-state index in [0.29, 0.717) is 17.5 Å². The standard InChI is InChI=1S/C51H31N3OS/c1-4-13-32(14-5-1)33-23-25-34(26-24-33)38-29-43(47-44(30-38)39-19-10-11-22-45(39)55-47)37-27-28-40-41-20-12-21-42(48(41)56-46(40)31-37)51-53-49(35-15-6-2-7-16-35)52-50(54-51)36-17-8-3-9-18-36/h1-31H. The lowest BCUT2D eigenvalue weighted by atomic mass is 9.94. The third-order valence-corrected chi connectivity index (χ3v) is 11.8. The van der Waals surface area contributed by atoms with Gasteiger partial charge in [-0.25, -0.2) is 15.0 Å². The summed E-state index contributed by atoms with van der Waals surface area (Å²) in [5, 5.41) is 4.60. The molecule has 0 aliphatic heterocycles. The van der Waals surface area contributed by atoms with Crippen LogP contribution in [0.25, 0.3) is 110 Å². The average molecular weight is 734 g/mol. The quantitative estimate of drug-likeness (QED) is 0.171. The third-order valence-electron chi connectivity index (χ3n) is 10.6. The summed E-state index contributed by atoms with van der Waals surface area (Å²) in [7, 11) is 0. The first kappa shape index (κ1) is 32.2. The van der Waals surface area contributed by atoms with E-state index in [4.69, 9.17) is 19.4 Å². The first-order valence-electron chi connectivity index (χ1n) is 18.7. The minimum absolute atomic E-state index is 0.652. The molecule has 0 saturated heterocycles. The molecule has 262 valence electrons. The lowest BCUT2D eigenvalue weighted by molar-refractivity contribution is 0.670. The zero-order valence-electron chi connectivity index (χ0n) is 30.1. The van der Waals surface area contributed by atoms with E-state index in [-0.39, 0.29) is 0 Å². The van der Waals surface area contributed by atoms with Crippen LogP contribution in [0.1, 0.15) is 0 Å². The molecule has 0 saturated carbocycles. The Hall–Kier alpha value is -7.21. The molecule has 0 bridgehead atoms. The summed E-state index contributed by atoms with van der Waals surface area (Å²) >= 11 is 1.77. The van der Waals surface area contributed by atoms with Crippen LogP contribution in [0.15, 0.2) is 192 Å². The first-order valence-corrected chi connectivity index (χ1v) is 19.5. The van der Waals surface area contributed by atoms with E-state index in [1.807, 2.05) is 66.7 Å². The zero-order chi connectivity index (χ0) is 37.0. The summed E-state index contributed by atoms with van der Waals surface area (Å²) in [5.74, 6) is 1.96. The van der Waals surface area contributed by atoms with Gasteiger partial charge in [0.15, 0.2) is 17.5 Å². The van der Waals surface area contributed by atoms with Gasteiger partial charge in [0.25, 0.3) is 0 Å². The number of para-hydroxylation sites is 1. The molecule has 3 heterocycles. The number of benzene rings is 8. The minimum Gasteiger partial charge on any atom is -0.455 e. The molecule has 0 unspecified atom stereocenters. The molecule has 0 atom stereocenters. The molecule has 0 radical (unpaired) electrons. The van der Waals surface area contributed by atoms with Gasteiger partial charge in [-0.05, 0) is 58.1 Å². The van der Waals surface area contributed by atoms with Crippen molar-refractivity contribution in [1.29, 1.82) is 0 Å². The smallest absolute Gasteiger partial charge is 0.165 e. The molecule has 0 spiro atoms. The summed E-state index contributed by atoms with van der Waals surface area (Å²) in [4.78, 5) is 15.1. The van der Waals surface area contributed by atoms with Crippen molar-refractivity contribution in [3.05, 3.63) is 188 Å². The Morgan fingerprint density at radius 3 is 1.59 bits per heavy atom. The molecule has 0 fully saturated rings. The number of thiophene rings is 1. The highest BCUT2D eigenvalue weighted by atomic mass is 32.1. The van der Waals surface area contributed by atoms with Crippen LogP contribution in [0.5, 0.6) is 0 Å². The lowest BCUT2D eigenvalue weighted by Crippen LogP contribution is -2.00. The lowest BCUT2D eigenvalue weighted by Gasteiger charge is -2.10. The number of aromatic nitrogens is 3. The van der Waals surface area contributed by atoms with E-state index in [1.54, 1.807) is 11.3 Å². The van der Waals surface area contributed by atoms with Gasteiger partial charge in [0, 0.05) is 53.2 Å². The fourth-order valence-electron chi connectivity index (χ4n) is 7.76. The van der Waals surface area contributed by atoms with Gasteiger partial charge in [-0.3, -0.25) is 0 Å². The summed E-state index contributed by atoms with van der Waals surface area (Å²) in [6.45, 7) is 0. The maximum atomic E-state index is 6.63. The normalized spacial score (nSPS) is 11.6. The van der Waals surface area contributed by atoms with E-state index in [9.17, 15) is 0 Å². The Balaban J connectivity index is 1.07. The molecule has 0 amide bonds. The minimum atomic E-state index is 0.652. The number of rotatable bonds is 6.